The predicted octanol–water partition coefficient (Wildman–Crippen LogP) is 0.692. The third-order valence-electron chi connectivity index (χ3n) is 8.59. The smallest absolute Gasteiger partial charge is 0.235 e. The molecule has 3 aliphatic carbocycles. The number of aliphatic hydroxyl groups excluding tert-OH is 1. The van der Waals surface area contributed by atoms with E-state index >= 15 is 0 Å². The van der Waals surface area contributed by atoms with E-state index in [4.69, 9.17) is 5.73 Å². The lowest BCUT2D eigenvalue weighted by Gasteiger charge is -2.56. The largest absolute Gasteiger partial charge is 0.507 e. The van der Waals surface area contributed by atoms with Crippen LogP contribution < -0.4 is 5.73 Å². The Bertz CT molecular complexity index is 1200. The number of primary amides is 1. The molecule has 212 valence electrons. The summed E-state index contributed by atoms with van der Waals surface area (Å²) in [4.78, 5) is 68.1. The van der Waals surface area contributed by atoms with Gasteiger partial charge in [0.1, 0.15) is 5.75 Å². The van der Waals surface area contributed by atoms with Gasteiger partial charge in [-0.05, 0) is 37.9 Å². The summed E-state index contributed by atoms with van der Waals surface area (Å²) in [6.45, 7) is 2.12. The second kappa shape index (κ2) is 11.1. The maximum Gasteiger partial charge on any atom is 0.235 e. The molecule has 11 heteroatoms. The van der Waals surface area contributed by atoms with E-state index in [2.05, 4.69) is 6.92 Å². The van der Waals surface area contributed by atoms with E-state index in [0.29, 0.717) is 11.3 Å². The van der Waals surface area contributed by atoms with E-state index in [1.165, 1.54) is 25.1 Å². The topological polar surface area (TPSA) is 175 Å². The van der Waals surface area contributed by atoms with Crippen LogP contribution in [0.1, 0.15) is 54.4 Å². The average molecular weight is 561 g/mol. The molecule has 0 saturated heterocycles. The number of aliphatic hydroxyl groups is 2. The first-order valence-electron chi connectivity index (χ1n) is 13.3. The quantitative estimate of drug-likeness (QED) is 0.248. The van der Waals surface area contributed by atoms with Gasteiger partial charge in [0.05, 0.1) is 29.5 Å². The van der Waals surface area contributed by atoms with Gasteiger partial charge in [0, 0.05) is 17.6 Å². The second-order valence-corrected chi connectivity index (χ2v) is 12.2. The third kappa shape index (κ3) is 4.53. The van der Waals surface area contributed by atoms with E-state index in [9.17, 15) is 39.3 Å². The number of thioether (sulfide) groups is 1. The first-order chi connectivity index (χ1) is 18.4. The summed E-state index contributed by atoms with van der Waals surface area (Å²) < 4.78 is 0. The van der Waals surface area contributed by atoms with Crippen LogP contribution in [0.3, 0.4) is 0 Å². The number of unbranched alkanes of at least 4 members (excludes halogenated alkanes) is 3. The molecule has 8 atom stereocenters. The molecular weight excluding hydrogens is 524 g/mol. The van der Waals surface area contributed by atoms with Crippen LogP contribution >= 0.6 is 11.8 Å². The van der Waals surface area contributed by atoms with Gasteiger partial charge < -0.3 is 21.1 Å². The number of hydrogen-bond acceptors (Lipinski definition) is 10. The zero-order chi connectivity index (χ0) is 28.8. The lowest BCUT2D eigenvalue weighted by molar-refractivity contribution is -0.196. The molecule has 4 rings (SSSR count). The minimum atomic E-state index is -2.99. The maximum atomic E-state index is 14.1. The molecule has 0 aliphatic heterocycles. The number of carbonyl (C=O) groups is 5. The molecule has 4 unspecified atom stereocenters. The number of rotatable bonds is 9. The number of nitrogens with two attached hydrogens (primary N) is 1. The number of ketones is 4. The highest BCUT2D eigenvalue weighted by Crippen LogP contribution is 2.55. The van der Waals surface area contributed by atoms with Crippen LogP contribution in [0.15, 0.2) is 18.2 Å². The molecule has 0 spiro atoms. The lowest BCUT2D eigenvalue weighted by Crippen LogP contribution is -2.77. The number of fused-ring (bicyclic) bond motifs is 3. The first kappa shape index (κ1) is 29.4. The van der Waals surface area contributed by atoms with Crippen molar-refractivity contribution in [3.63, 3.8) is 0 Å². The molecule has 2 fully saturated rings. The Balaban J connectivity index is 1.83. The first-order valence-corrected chi connectivity index (χ1v) is 14.5. The minimum Gasteiger partial charge on any atom is -0.507 e. The van der Waals surface area contributed by atoms with Gasteiger partial charge in [-0.25, -0.2) is 0 Å². The van der Waals surface area contributed by atoms with Gasteiger partial charge in [-0.15, -0.1) is 0 Å². The highest BCUT2D eigenvalue weighted by molar-refractivity contribution is 7.99. The van der Waals surface area contributed by atoms with Crippen molar-refractivity contribution in [1.29, 1.82) is 0 Å². The number of phenolic OH excluding ortho intramolecular Hbond substituents is 1. The van der Waals surface area contributed by atoms with Gasteiger partial charge in [0.25, 0.3) is 0 Å². The fourth-order valence-corrected chi connectivity index (χ4v) is 8.04. The highest BCUT2D eigenvalue weighted by Gasteiger charge is 2.73. The fourth-order valence-electron chi connectivity index (χ4n) is 6.81. The standard InChI is InChI=1S/C28H36N2O8S/c1-4-5-6-7-11-39-12-14-13-9-8-10-15(31)16(13)22(32)18-17(14)23(33)20-21(30(2)3)24(34)19(27(29)37)26(36)28(20,38)25(18)35/h8-10,14,17-21,23,31,33,38H,4-7,11-12H2,1-3H3,(H2,29,37)/t14-,17?,18?,19?,20?,21-,23-,28-/m0/s1. The van der Waals surface area contributed by atoms with Crippen LogP contribution in [-0.4, -0.2) is 92.6 Å². The number of amides is 1. The molecule has 1 aromatic carbocycles. The van der Waals surface area contributed by atoms with Crippen LogP contribution in [0.4, 0.5) is 0 Å². The van der Waals surface area contributed by atoms with Crippen LogP contribution in [0, 0.1) is 23.7 Å². The molecule has 1 aromatic rings. The molecule has 1 amide bonds. The fraction of sp³-hybridized carbons (Fsp3) is 0.607. The predicted molar refractivity (Wildman–Crippen MR) is 143 cm³/mol. The Morgan fingerprint density at radius 2 is 1.79 bits per heavy atom. The van der Waals surface area contributed by atoms with E-state index in [0.717, 1.165) is 31.4 Å². The van der Waals surface area contributed by atoms with E-state index < -0.39 is 76.4 Å². The van der Waals surface area contributed by atoms with Crippen molar-refractivity contribution in [3.8, 4) is 5.75 Å². The van der Waals surface area contributed by atoms with Crippen molar-refractivity contribution in [3.05, 3.63) is 29.3 Å². The van der Waals surface area contributed by atoms with Crippen molar-refractivity contribution in [1.82, 2.24) is 4.90 Å². The Morgan fingerprint density at radius 3 is 2.41 bits per heavy atom. The highest BCUT2D eigenvalue weighted by atomic mass is 32.2. The third-order valence-corrected chi connectivity index (χ3v) is 9.76. The van der Waals surface area contributed by atoms with Gasteiger partial charge in [0.2, 0.25) is 5.91 Å². The van der Waals surface area contributed by atoms with E-state index in [1.807, 2.05) is 0 Å². The molecule has 3 aliphatic rings. The summed E-state index contributed by atoms with van der Waals surface area (Å²) in [5, 5.41) is 34.2. The Kier molecular flexibility index (Phi) is 8.37. The van der Waals surface area contributed by atoms with Gasteiger partial charge in [-0.2, -0.15) is 11.8 Å². The Morgan fingerprint density at radius 1 is 1.10 bits per heavy atom. The zero-order valence-electron chi connectivity index (χ0n) is 22.3. The number of likely N-dealkylation sites (N-methyl/N-ethyl adjacent to an activating group) is 1. The number of phenols is 1. The molecule has 0 radical (unpaired) electrons. The van der Waals surface area contributed by atoms with E-state index in [-0.39, 0.29) is 11.3 Å². The molecule has 0 heterocycles. The van der Waals surface area contributed by atoms with Crippen molar-refractivity contribution in [2.45, 2.75) is 56.3 Å². The van der Waals surface area contributed by atoms with Crippen LogP contribution in [0.25, 0.3) is 0 Å². The Labute approximate surface area is 231 Å². The Hall–Kier alpha value is -2.60. The number of aromatic hydroxyl groups is 1. The molecule has 0 bridgehead atoms. The molecule has 39 heavy (non-hydrogen) atoms. The van der Waals surface area contributed by atoms with Crippen LogP contribution in [0.2, 0.25) is 0 Å². The minimum absolute atomic E-state index is 0.0760. The second-order valence-electron chi connectivity index (χ2n) is 11.1. The average Bonchev–Trinajstić information content (AvgIpc) is 2.87. The summed E-state index contributed by atoms with van der Waals surface area (Å²) in [5.41, 5.74) is 2.76. The number of hydrogen-bond donors (Lipinski definition) is 4. The zero-order valence-corrected chi connectivity index (χ0v) is 23.1. The summed E-state index contributed by atoms with van der Waals surface area (Å²) in [6.07, 6.45) is 2.59. The SMILES string of the molecule is CCCCCCSC[C@H]1c2cccc(O)c2C(=O)C2C(=O)[C@]3(O)C(=O)C(C(N)=O)C(=O)[C@@H](N(C)C)C3[C@@H](O)C21. The van der Waals surface area contributed by atoms with E-state index in [1.54, 1.807) is 23.9 Å². The maximum absolute atomic E-state index is 14.1. The summed E-state index contributed by atoms with van der Waals surface area (Å²) in [7, 11) is 2.95. The van der Waals surface area contributed by atoms with Gasteiger partial charge in [-0.1, -0.05) is 38.3 Å². The number of benzene rings is 1. The summed E-state index contributed by atoms with van der Waals surface area (Å²) >= 11 is 1.60. The monoisotopic (exact) mass is 560 g/mol. The molecular formula is C28H36N2O8S. The molecule has 2 saturated carbocycles. The van der Waals surface area contributed by atoms with Crippen LogP contribution in [-0.2, 0) is 19.2 Å². The normalized spacial score (nSPS) is 34.1. The lowest BCUT2D eigenvalue weighted by atomic mass is 9.49. The van der Waals surface area contributed by atoms with Crippen molar-refractivity contribution in [2.75, 3.05) is 25.6 Å². The number of nitrogens with zero attached hydrogens (tertiary/aromatic N) is 1. The molecule has 10 nitrogen and oxygen atoms in total. The summed E-state index contributed by atoms with van der Waals surface area (Å²) in [6, 6.07) is 3.20. The molecule has 0 aromatic heterocycles. The number of Topliss-reactive ketones (excluding diaryl/α,β-unsaturated/α-hetero) is 4. The molecule has 5 N–H and O–H groups in total. The van der Waals surface area contributed by atoms with Crippen molar-refractivity contribution in [2.24, 2.45) is 29.4 Å². The van der Waals surface area contributed by atoms with Gasteiger partial charge in [-0.3, -0.25) is 28.9 Å². The number of carbonyl (C=O) groups excluding carboxylic acids is 5. The van der Waals surface area contributed by atoms with Gasteiger partial charge >= 0.3 is 0 Å². The van der Waals surface area contributed by atoms with Crippen molar-refractivity contribution >= 4 is 40.8 Å². The van der Waals surface area contributed by atoms with Crippen molar-refractivity contribution < 1.29 is 39.3 Å². The van der Waals surface area contributed by atoms with Gasteiger partial charge in [0.15, 0.2) is 34.7 Å². The summed E-state index contributed by atoms with van der Waals surface area (Å²) in [5.74, 6) is -11.7. The van der Waals surface area contributed by atoms with Crippen LogP contribution in [0.5, 0.6) is 5.75 Å².